The summed E-state index contributed by atoms with van der Waals surface area (Å²) in [4.78, 5) is 2.48. The van der Waals surface area contributed by atoms with Gasteiger partial charge >= 0.3 is 0 Å². The van der Waals surface area contributed by atoms with Gasteiger partial charge in [0.2, 0.25) is 0 Å². The van der Waals surface area contributed by atoms with Crippen LogP contribution in [-0.4, -0.2) is 36.6 Å². The highest BCUT2D eigenvalue weighted by molar-refractivity contribution is 5.13. The van der Waals surface area contributed by atoms with Crippen molar-refractivity contribution in [3.63, 3.8) is 0 Å². The molecule has 0 aromatic rings. The third kappa shape index (κ3) is 2.74. The highest BCUT2D eigenvalue weighted by Crippen LogP contribution is 2.27. The SMILES string of the molecule is C#CC(NC)C(CC)(CC)N(CC)CC. The zero-order valence-electron chi connectivity index (χ0n) is 10.9. The highest BCUT2D eigenvalue weighted by Gasteiger charge is 2.38. The fourth-order valence-corrected chi connectivity index (χ4v) is 2.65. The normalized spacial score (nSPS) is 13.9. The van der Waals surface area contributed by atoms with E-state index in [1.165, 1.54) is 0 Å². The van der Waals surface area contributed by atoms with E-state index in [1.54, 1.807) is 0 Å². The van der Waals surface area contributed by atoms with Crippen molar-refractivity contribution in [2.75, 3.05) is 20.1 Å². The van der Waals surface area contributed by atoms with Crippen molar-refractivity contribution in [1.82, 2.24) is 10.2 Å². The van der Waals surface area contributed by atoms with E-state index >= 15 is 0 Å². The fraction of sp³-hybridized carbons (Fsp3) is 0.846. The summed E-state index contributed by atoms with van der Waals surface area (Å²) in [6.45, 7) is 11.0. The molecule has 0 spiro atoms. The molecule has 1 atom stereocenters. The van der Waals surface area contributed by atoms with Gasteiger partial charge in [0.05, 0.1) is 6.04 Å². The van der Waals surface area contributed by atoms with Crippen molar-refractivity contribution >= 4 is 0 Å². The minimum atomic E-state index is 0.104. The first-order valence-corrected chi connectivity index (χ1v) is 6.05. The molecule has 0 rings (SSSR count). The molecule has 88 valence electrons. The number of rotatable bonds is 7. The van der Waals surface area contributed by atoms with Crippen molar-refractivity contribution in [2.24, 2.45) is 0 Å². The smallest absolute Gasteiger partial charge is 0.0870 e. The zero-order chi connectivity index (χ0) is 11.9. The van der Waals surface area contributed by atoms with Crippen LogP contribution < -0.4 is 5.32 Å². The van der Waals surface area contributed by atoms with Gasteiger partial charge in [0, 0.05) is 5.54 Å². The lowest BCUT2D eigenvalue weighted by atomic mass is 9.83. The van der Waals surface area contributed by atoms with Crippen LogP contribution in [0.15, 0.2) is 0 Å². The van der Waals surface area contributed by atoms with Gasteiger partial charge in [-0.1, -0.05) is 33.6 Å². The maximum atomic E-state index is 5.63. The van der Waals surface area contributed by atoms with E-state index in [9.17, 15) is 0 Å². The quantitative estimate of drug-likeness (QED) is 0.647. The first-order valence-electron chi connectivity index (χ1n) is 6.05. The lowest BCUT2D eigenvalue weighted by molar-refractivity contribution is 0.0702. The molecule has 0 aliphatic carbocycles. The molecule has 2 nitrogen and oxygen atoms in total. The Hall–Kier alpha value is -0.520. The lowest BCUT2D eigenvalue weighted by Crippen LogP contribution is -2.59. The molecule has 1 N–H and O–H groups in total. The molecular weight excluding hydrogens is 184 g/mol. The third-order valence-electron chi connectivity index (χ3n) is 3.61. The van der Waals surface area contributed by atoms with Gasteiger partial charge in [-0.15, -0.1) is 6.42 Å². The molecule has 0 aromatic heterocycles. The zero-order valence-corrected chi connectivity index (χ0v) is 10.9. The van der Waals surface area contributed by atoms with Crippen LogP contribution in [0.25, 0.3) is 0 Å². The van der Waals surface area contributed by atoms with Crippen LogP contribution in [0.3, 0.4) is 0 Å². The van der Waals surface area contributed by atoms with Gasteiger partial charge in [-0.3, -0.25) is 4.90 Å². The van der Waals surface area contributed by atoms with Gasteiger partial charge in [0.15, 0.2) is 0 Å². The van der Waals surface area contributed by atoms with Crippen LogP contribution in [0.4, 0.5) is 0 Å². The molecule has 0 fully saturated rings. The van der Waals surface area contributed by atoms with Gasteiger partial charge < -0.3 is 5.32 Å². The average molecular weight is 210 g/mol. The number of nitrogens with zero attached hydrogens (tertiary/aromatic N) is 1. The number of hydrogen-bond donors (Lipinski definition) is 1. The maximum Gasteiger partial charge on any atom is 0.0870 e. The van der Waals surface area contributed by atoms with E-state index < -0.39 is 0 Å². The molecule has 15 heavy (non-hydrogen) atoms. The molecule has 0 aromatic carbocycles. The second-order valence-corrected chi connectivity index (χ2v) is 3.87. The van der Waals surface area contributed by atoms with Crippen molar-refractivity contribution in [1.29, 1.82) is 0 Å². The number of nitrogens with one attached hydrogen (secondary N) is 1. The van der Waals surface area contributed by atoms with Crippen LogP contribution in [0.2, 0.25) is 0 Å². The van der Waals surface area contributed by atoms with E-state index in [-0.39, 0.29) is 11.6 Å². The monoisotopic (exact) mass is 210 g/mol. The van der Waals surface area contributed by atoms with Gasteiger partial charge in [0.25, 0.3) is 0 Å². The van der Waals surface area contributed by atoms with Crippen LogP contribution in [0, 0.1) is 12.3 Å². The number of likely N-dealkylation sites (N-methyl/N-ethyl adjacent to an activating group) is 2. The van der Waals surface area contributed by atoms with E-state index in [0.717, 1.165) is 25.9 Å². The molecule has 0 bridgehead atoms. The molecule has 1 unspecified atom stereocenters. The van der Waals surface area contributed by atoms with Crippen LogP contribution >= 0.6 is 0 Å². The Labute approximate surface area is 95.4 Å². The van der Waals surface area contributed by atoms with Crippen molar-refractivity contribution in [3.05, 3.63) is 0 Å². The van der Waals surface area contributed by atoms with Crippen molar-refractivity contribution in [3.8, 4) is 12.3 Å². The third-order valence-corrected chi connectivity index (χ3v) is 3.61. The van der Waals surface area contributed by atoms with E-state index in [1.807, 2.05) is 7.05 Å². The topological polar surface area (TPSA) is 15.3 Å². The molecule has 0 aliphatic rings. The summed E-state index contributed by atoms with van der Waals surface area (Å²) in [5.74, 6) is 2.89. The Morgan fingerprint density at radius 3 is 1.87 bits per heavy atom. The van der Waals surface area contributed by atoms with E-state index in [4.69, 9.17) is 6.42 Å². The van der Waals surface area contributed by atoms with Crippen LogP contribution in [-0.2, 0) is 0 Å². The summed E-state index contributed by atoms with van der Waals surface area (Å²) >= 11 is 0. The Morgan fingerprint density at radius 2 is 1.67 bits per heavy atom. The summed E-state index contributed by atoms with van der Waals surface area (Å²) in [6, 6.07) is 0.132. The van der Waals surface area contributed by atoms with Gasteiger partial charge in [-0.2, -0.15) is 0 Å². The minimum absolute atomic E-state index is 0.104. The van der Waals surface area contributed by atoms with E-state index in [0.29, 0.717) is 0 Å². The van der Waals surface area contributed by atoms with E-state index in [2.05, 4.69) is 43.8 Å². The molecule has 2 heteroatoms. The molecule has 0 saturated heterocycles. The second kappa shape index (κ2) is 6.87. The lowest BCUT2D eigenvalue weighted by Gasteiger charge is -2.46. The molecule has 0 amide bonds. The summed E-state index contributed by atoms with van der Waals surface area (Å²) < 4.78 is 0. The second-order valence-electron chi connectivity index (χ2n) is 3.87. The fourth-order valence-electron chi connectivity index (χ4n) is 2.65. The summed E-state index contributed by atoms with van der Waals surface area (Å²) in [5.41, 5.74) is 0.104. The molecule has 0 heterocycles. The van der Waals surface area contributed by atoms with Gasteiger partial charge in [0.1, 0.15) is 0 Å². The predicted molar refractivity (Wildman–Crippen MR) is 67.9 cm³/mol. The van der Waals surface area contributed by atoms with Crippen LogP contribution in [0.5, 0.6) is 0 Å². The minimum Gasteiger partial charge on any atom is -0.305 e. The average Bonchev–Trinajstić information content (AvgIpc) is 2.29. The predicted octanol–water partition coefficient (Wildman–Crippen LogP) is 2.11. The van der Waals surface area contributed by atoms with Crippen molar-refractivity contribution < 1.29 is 0 Å². The highest BCUT2D eigenvalue weighted by atomic mass is 15.2. The number of terminal acetylenes is 1. The number of hydrogen-bond acceptors (Lipinski definition) is 2. The maximum absolute atomic E-state index is 5.63. The Morgan fingerprint density at radius 1 is 1.20 bits per heavy atom. The Bertz CT molecular complexity index is 197. The van der Waals surface area contributed by atoms with Crippen LogP contribution in [0.1, 0.15) is 40.5 Å². The largest absolute Gasteiger partial charge is 0.305 e. The van der Waals surface area contributed by atoms with Gasteiger partial charge in [-0.25, -0.2) is 0 Å². The first kappa shape index (κ1) is 14.5. The summed E-state index contributed by atoms with van der Waals surface area (Å²) in [6.07, 6.45) is 7.80. The molecular formula is C13H26N2. The first-order chi connectivity index (χ1) is 7.16. The molecule has 0 aliphatic heterocycles. The Balaban J connectivity index is 5.09. The standard InChI is InChI=1S/C13H26N2/c1-7-12(14-6)13(8-2,9-3)15(10-4)11-5/h1,12,14H,8-11H2,2-6H3. The Kier molecular flexibility index (Phi) is 6.63. The summed E-state index contributed by atoms with van der Waals surface area (Å²) in [5, 5.41) is 3.27. The molecule has 0 radical (unpaired) electrons. The summed E-state index contributed by atoms with van der Waals surface area (Å²) in [7, 11) is 1.95. The molecule has 0 saturated carbocycles. The van der Waals surface area contributed by atoms with Crippen molar-refractivity contribution in [2.45, 2.75) is 52.1 Å². The van der Waals surface area contributed by atoms with Gasteiger partial charge in [-0.05, 0) is 33.0 Å².